The van der Waals surface area contributed by atoms with Gasteiger partial charge in [0.15, 0.2) is 0 Å². The van der Waals surface area contributed by atoms with Gasteiger partial charge in [0.05, 0.1) is 11.6 Å². The minimum atomic E-state index is -4.48. The molecule has 4 rings (SSSR count). The van der Waals surface area contributed by atoms with Crippen LogP contribution in [-0.4, -0.2) is 19.0 Å². The Morgan fingerprint density at radius 3 is 2.69 bits per heavy atom. The van der Waals surface area contributed by atoms with Gasteiger partial charge in [0.2, 0.25) is 0 Å². The maximum absolute atomic E-state index is 12.9. The molecule has 29 heavy (non-hydrogen) atoms. The first-order valence-electron chi connectivity index (χ1n) is 9.27. The molecule has 0 spiro atoms. The minimum Gasteiger partial charge on any atom is -0.361 e. The zero-order chi connectivity index (χ0) is 20.4. The van der Waals surface area contributed by atoms with Crippen LogP contribution in [0.15, 0.2) is 66.0 Å². The van der Waals surface area contributed by atoms with Gasteiger partial charge in [0.1, 0.15) is 0 Å². The van der Waals surface area contributed by atoms with E-state index >= 15 is 0 Å². The van der Waals surface area contributed by atoms with Crippen LogP contribution < -0.4 is 10.2 Å². The molecule has 1 aliphatic heterocycles. The molecule has 3 aromatic rings. The van der Waals surface area contributed by atoms with Crippen molar-refractivity contribution in [3.63, 3.8) is 0 Å². The Morgan fingerprint density at radius 2 is 1.93 bits per heavy atom. The van der Waals surface area contributed by atoms with E-state index in [2.05, 4.69) is 22.3 Å². The topological polar surface area (TPSA) is 32.3 Å². The van der Waals surface area contributed by atoms with E-state index in [9.17, 15) is 18.0 Å². The Bertz CT molecular complexity index is 1000. The molecule has 1 atom stereocenters. The first-order valence-corrected chi connectivity index (χ1v) is 10.1. The summed E-state index contributed by atoms with van der Waals surface area (Å²) in [5, 5.41) is 4.82. The van der Waals surface area contributed by atoms with Crippen molar-refractivity contribution in [2.45, 2.75) is 18.6 Å². The van der Waals surface area contributed by atoms with Gasteiger partial charge in [-0.1, -0.05) is 30.3 Å². The van der Waals surface area contributed by atoms with Gasteiger partial charge in [0, 0.05) is 29.2 Å². The van der Waals surface area contributed by atoms with Gasteiger partial charge in [-0.05, 0) is 47.7 Å². The van der Waals surface area contributed by atoms with Gasteiger partial charge in [0.25, 0.3) is 5.91 Å². The number of anilines is 1. The summed E-state index contributed by atoms with van der Waals surface area (Å²) in [7, 11) is 0. The van der Waals surface area contributed by atoms with E-state index in [1.54, 1.807) is 11.3 Å². The van der Waals surface area contributed by atoms with E-state index < -0.39 is 17.6 Å². The number of thiophene rings is 1. The highest BCUT2D eigenvalue weighted by molar-refractivity contribution is 7.10. The maximum Gasteiger partial charge on any atom is 0.416 e. The standard InChI is InChI=1S/C22H19F3N2OS/c23-22(24,25)17-7-3-6-16(13-17)21(28)26-14-19(20-9-4-12-29-20)27-11-10-15-5-1-2-8-18(15)27/h1-9,12-13,19H,10-11,14H2,(H,26,28)/t19-/m0/s1. The number of amides is 1. The first-order chi connectivity index (χ1) is 13.9. The predicted molar refractivity (Wildman–Crippen MR) is 108 cm³/mol. The van der Waals surface area contributed by atoms with E-state index in [-0.39, 0.29) is 11.6 Å². The first kappa shape index (κ1) is 19.5. The highest BCUT2D eigenvalue weighted by Crippen LogP contribution is 2.36. The fraction of sp³-hybridized carbons (Fsp3) is 0.227. The summed E-state index contributed by atoms with van der Waals surface area (Å²) in [6, 6.07) is 16.6. The van der Waals surface area contributed by atoms with Crippen molar-refractivity contribution in [1.82, 2.24) is 5.32 Å². The number of fused-ring (bicyclic) bond motifs is 1. The molecule has 3 nitrogen and oxygen atoms in total. The average molecular weight is 416 g/mol. The zero-order valence-electron chi connectivity index (χ0n) is 15.4. The van der Waals surface area contributed by atoms with Crippen molar-refractivity contribution in [3.8, 4) is 0 Å². The van der Waals surface area contributed by atoms with E-state index in [1.165, 1.54) is 17.7 Å². The second-order valence-corrected chi connectivity index (χ2v) is 7.87. The molecule has 1 aliphatic rings. The van der Waals surface area contributed by atoms with Crippen LogP contribution in [0.1, 0.15) is 32.4 Å². The molecular weight excluding hydrogens is 397 g/mol. The summed E-state index contributed by atoms with van der Waals surface area (Å²) in [4.78, 5) is 15.9. The molecule has 0 bridgehead atoms. The summed E-state index contributed by atoms with van der Waals surface area (Å²) in [5.41, 5.74) is 1.58. The van der Waals surface area contributed by atoms with E-state index in [1.807, 2.05) is 29.6 Å². The summed E-state index contributed by atoms with van der Waals surface area (Å²) >= 11 is 1.60. The van der Waals surface area contributed by atoms with Crippen LogP contribution in [0.2, 0.25) is 0 Å². The zero-order valence-corrected chi connectivity index (χ0v) is 16.3. The maximum atomic E-state index is 12.9. The Hall–Kier alpha value is -2.80. The Morgan fingerprint density at radius 1 is 1.10 bits per heavy atom. The third-order valence-electron chi connectivity index (χ3n) is 5.08. The van der Waals surface area contributed by atoms with Crippen LogP contribution in [0.5, 0.6) is 0 Å². The SMILES string of the molecule is O=C(NC[C@@H](c1cccs1)N1CCc2ccccc21)c1cccc(C(F)(F)F)c1. The molecule has 150 valence electrons. The molecule has 2 aromatic carbocycles. The fourth-order valence-electron chi connectivity index (χ4n) is 3.66. The third-order valence-corrected chi connectivity index (χ3v) is 6.05. The normalized spacial score (nSPS) is 14.5. The molecule has 1 N–H and O–H groups in total. The summed E-state index contributed by atoms with van der Waals surface area (Å²) in [5.74, 6) is -0.509. The number of nitrogens with zero attached hydrogens (tertiary/aromatic N) is 1. The number of rotatable bonds is 5. The summed E-state index contributed by atoms with van der Waals surface area (Å²) in [6.07, 6.45) is -3.55. The number of alkyl halides is 3. The van der Waals surface area contributed by atoms with Gasteiger partial charge >= 0.3 is 6.18 Å². The molecular formula is C22H19F3N2OS. The van der Waals surface area contributed by atoms with Crippen molar-refractivity contribution in [1.29, 1.82) is 0 Å². The second-order valence-electron chi connectivity index (χ2n) is 6.89. The minimum absolute atomic E-state index is 0.00609. The van der Waals surface area contributed by atoms with Gasteiger partial charge in [-0.2, -0.15) is 13.2 Å². The molecule has 0 saturated heterocycles. The number of benzene rings is 2. The third kappa shape index (κ3) is 4.15. The van der Waals surface area contributed by atoms with Crippen LogP contribution in [-0.2, 0) is 12.6 Å². The largest absolute Gasteiger partial charge is 0.416 e. The lowest BCUT2D eigenvalue weighted by molar-refractivity contribution is -0.137. The second kappa shape index (κ2) is 7.91. The molecule has 1 amide bonds. The Labute approximate surface area is 170 Å². The van der Waals surface area contributed by atoms with Crippen LogP contribution in [0.3, 0.4) is 0 Å². The molecule has 0 radical (unpaired) electrons. The van der Waals surface area contributed by atoms with Gasteiger partial charge in [-0.25, -0.2) is 0 Å². The fourth-order valence-corrected chi connectivity index (χ4v) is 4.50. The molecule has 1 aromatic heterocycles. The van der Waals surface area contributed by atoms with Crippen LogP contribution >= 0.6 is 11.3 Å². The average Bonchev–Trinajstić information content (AvgIpc) is 3.38. The van der Waals surface area contributed by atoms with Crippen LogP contribution in [0.4, 0.5) is 18.9 Å². The lowest BCUT2D eigenvalue weighted by Gasteiger charge is -2.30. The number of nitrogens with one attached hydrogen (secondary N) is 1. The molecule has 0 saturated carbocycles. The monoisotopic (exact) mass is 416 g/mol. The number of halogens is 3. The van der Waals surface area contributed by atoms with Crippen LogP contribution in [0.25, 0.3) is 0 Å². The number of hydrogen-bond donors (Lipinski definition) is 1. The van der Waals surface area contributed by atoms with Crippen molar-refractivity contribution < 1.29 is 18.0 Å². The van der Waals surface area contributed by atoms with Gasteiger partial charge < -0.3 is 10.2 Å². The lowest BCUT2D eigenvalue weighted by Crippen LogP contribution is -2.37. The molecule has 0 unspecified atom stereocenters. The molecule has 7 heteroatoms. The Kier molecular flexibility index (Phi) is 5.32. The van der Waals surface area contributed by atoms with Crippen molar-refractivity contribution in [2.24, 2.45) is 0 Å². The van der Waals surface area contributed by atoms with Crippen molar-refractivity contribution >= 4 is 22.9 Å². The van der Waals surface area contributed by atoms with Gasteiger partial charge in [-0.3, -0.25) is 4.79 Å². The number of carbonyl (C=O) groups excluding carboxylic acids is 1. The highest BCUT2D eigenvalue weighted by Gasteiger charge is 2.31. The molecule has 0 aliphatic carbocycles. The summed E-state index contributed by atoms with van der Waals surface area (Å²) < 4.78 is 38.8. The van der Waals surface area contributed by atoms with Crippen molar-refractivity contribution in [2.75, 3.05) is 18.0 Å². The van der Waals surface area contributed by atoms with Gasteiger partial charge in [-0.15, -0.1) is 11.3 Å². The van der Waals surface area contributed by atoms with Crippen molar-refractivity contribution in [3.05, 3.63) is 87.6 Å². The van der Waals surface area contributed by atoms with E-state index in [0.717, 1.165) is 35.7 Å². The number of para-hydroxylation sites is 1. The predicted octanol–water partition coefficient (Wildman–Crippen LogP) is 5.30. The van der Waals surface area contributed by atoms with E-state index in [4.69, 9.17) is 0 Å². The quantitative estimate of drug-likeness (QED) is 0.612. The highest BCUT2D eigenvalue weighted by atomic mass is 32.1. The number of hydrogen-bond acceptors (Lipinski definition) is 3. The van der Waals surface area contributed by atoms with Crippen LogP contribution in [0, 0.1) is 0 Å². The lowest BCUT2D eigenvalue weighted by atomic mass is 10.1. The molecule has 0 fully saturated rings. The smallest absolute Gasteiger partial charge is 0.361 e. The van der Waals surface area contributed by atoms with E-state index in [0.29, 0.717) is 6.54 Å². The summed E-state index contributed by atoms with van der Waals surface area (Å²) in [6.45, 7) is 1.14. The Balaban J connectivity index is 1.54. The molecule has 2 heterocycles. The number of carbonyl (C=O) groups is 1.